The molecule has 0 bridgehead atoms. The minimum absolute atomic E-state index is 0.786. The Bertz CT molecular complexity index is 143. The van der Waals surface area contributed by atoms with Crippen molar-refractivity contribution < 1.29 is 0 Å². The molecule has 0 radical (unpaired) electrons. The van der Waals surface area contributed by atoms with Crippen molar-refractivity contribution in [2.45, 2.75) is 38.2 Å². The third kappa shape index (κ3) is 1.73. The molecule has 1 aliphatic heterocycles. The summed E-state index contributed by atoms with van der Waals surface area (Å²) >= 11 is 4.03. The highest BCUT2D eigenvalue weighted by molar-refractivity contribution is 8.10. The molecule has 0 spiro atoms. The Morgan fingerprint density at radius 2 is 1.20 bits per heavy atom. The summed E-state index contributed by atoms with van der Waals surface area (Å²) in [5.74, 6) is 0. The number of hydrogen-bond donors (Lipinski definition) is 0. The summed E-state index contributed by atoms with van der Waals surface area (Å²) in [7, 11) is 0. The zero-order chi connectivity index (χ0) is 7.72. The molecule has 1 aliphatic rings. The van der Waals surface area contributed by atoms with E-state index in [9.17, 15) is 0 Å². The van der Waals surface area contributed by atoms with E-state index in [1.165, 1.54) is 9.81 Å². The molecule has 58 valence electrons. The minimum atomic E-state index is 0.786. The molecule has 0 aromatic rings. The van der Waals surface area contributed by atoms with Gasteiger partial charge in [-0.3, -0.25) is 0 Å². The van der Waals surface area contributed by atoms with Crippen molar-refractivity contribution >= 4 is 23.5 Å². The van der Waals surface area contributed by atoms with E-state index in [4.69, 9.17) is 0 Å². The SMILES string of the molecule is CC1=C(C)SC(C)C(C)S1. The molecule has 0 aliphatic carbocycles. The predicted octanol–water partition coefficient (Wildman–Crippen LogP) is 3.49. The predicted molar refractivity (Wildman–Crippen MR) is 52.5 cm³/mol. The summed E-state index contributed by atoms with van der Waals surface area (Å²) in [4.78, 5) is 3.02. The van der Waals surface area contributed by atoms with E-state index in [0.717, 1.165) is 10.5 Å². The lowest BCUT2D eigenvalue weighted by molar-refractivity contribution is 0.927. The summed E-state index contributed by atoms with van der Waals surface area (Å²) in [6.07, 6.45) is 0. The molecule has 0 aromatic heterocycles. The van der Waals surface area contributed by atoms with Crippen LogP contribution in [0.15, 0.2) is 9.81 Å². The maximum absolute atomic E-state index is 2.30. The first kappa shape index (κ1) is 8.54. The van der Waals surface area contributed by atoms with Crippen LogP contribution < -0.4 is 0 Å². The van der Waals surface area contributed by atoms with Gasteiger partial charge in [0.1, 0.15) is 0 Å². The van der Waals surface area contributed by atoms with Crippen molar-refractivity contribution in [3.05, 3.63) is 9.81 Å². The van der Waals surface area contributed by atoms with Crippen molar-refractivity contribution in [3.63, 3.8) is 0 Å². The van der Waals surface area contributed by atoms with Gasteiger partial charge in [-0.1, -0.05) is 13.8 Å². The Hall–Kier alpha value is 0.440. The molecular formula is C8H14S2. The maximum Gasteiger partial charge on any atom is 0.0183 e. The summed E-state index contributed by atoms with van der Waals surface area (Å²) in [6.45, 7) is 9.04. The van der Waals surface area contributed by atoms with E-state index < -0.39 is 0 Å². The number of rotatable bonds is 0. The first-order chi connectivity index (χ1) is 4.61. The molecule has 0 saturated carbocycles. The van der Waals surface area contributed by atoms with Crippen LogP contribution in [0.4, 0.5) is 0 Å². The van der Waals surface area contributed by atoms with Gasteiger partial charge in [0.05, 0.1) is 0 Å². The molecule has 1 heterocycles. The fourth-order valence-electron chi connectivity index (χ4n) is 0.915. The quantitative estimate of drug-likeness (QED) is 0.551. The van der Waals surface area contributed by atoms with E-state index in [0.29, 0.717) is 0 Å². The lowest BCUT2D eigenvalue weighted by Crippen LogP contribution is -2.15. The van der Waals surface area contributed by atoms with Gasteiger partial charge in [0.2, 0.25) is 0 Å². The average molecular weight is 174 g/mol. The van der Waals surface area contributed by atoms with Crippen molar-refractivity contribution in [2.75, 3.05) is 0 Å². The van der Waals surface area contributed by atoms with Crippen molar-refractivity contribution in [3.8, 4) is 0 Å². The fraction of sp³-hybridized carbons (Fsp3) is 0.750. The molecule has 0 N–H and O–H groups in total. The highest BCUT2D eigenvalue weighted by atomic mass is 32.2. The smallest absolute Gasteiger partial charge is 0.0183 e. The molecule has 0 saturated heterocycles. The molecule has 0 aromatic carbocycles. The number of thioether (sulfide) groups is 2. The van der Waals surface area contributed by atoms with Crippen LogP contribution in [0.2, 0.25) is 0 Å². The highest BCUT2D eigenvalue weighted by Gasteiger charge is 2.20. The van der Waals surface area contributed by atoms with E-state index in [2.05, 4.69) is 27.7 Å². The van der Waals surface area contributed by atoms with Crippen LogP contribution in [-0.4, -0.2) is 10.5 Å². The first-order valence-corrected chi connectivity index (χ1v) is 5.38. The Balaban J connectivity index is 2.69. The van der Waals surface area contributed by atoms with Crippen LogP contribution >= 0.6 is 23.5 Å². The largest absolute Gasteiger partial charge is 0.126 e. The van der Waals surface area contributed by atoms with Gasteiger partial charge in [0.15, 0.2) is 0 Å². The van der Waals surface area contributed by atoms with Gasteiger partial charge >= 0.3 is 0 Å². The summed E-state index contributed by atoms with van der Waals surface area (Å²) in [6, 6.07) is 0. The van der Waals surface area contributed by atoms with E-state index in [1.807, 2.05) is 23.5 Å². The van der Waals surface area contributed by atoms with E-state index in [1.54, 1.807) is 0 Å². The summed E-state index contributed by atoms with van der Waals surface area (Å²) in [5, 5.41) is 1.57. The normalized spacial score (nSPS) is 34.8. The van der Waals surface area contributed by atoms with Crippen LogP contribution in [0.5, 0.6) is 0 Å². The van der Waals surface area contributed by atoms with Gasteiger partial charge in [-0.2, -0.15) is 0 Å². The molecule has 10 heavy (non-hydrogen) atoms. The topological polar surface area (TPSA) is 0 Å². The molecule has 2 atom stereocenters. The Morgan fingerprint density at radius 1 is 0.900 bits per heavy atom. The minimum Gasteiger partial charge on any atom is -0.126 e. The van der Waals surface area contributed by atoms with Crippen molar-refractivity contribution in [2.24, 2.45) is 0 Å². The van der Waals surface area contributed by atoms with Crippen LogP contribution in [0, 0.1) is 0 Å². The van der Waals surface area contributed by atoms with Gasteiger partial charge < -0.3 is 0 Å². The van der Waals surface area contributed by atoms with Crippen LogP contribution in [0.1, 0.15) is 27.7 Å². The number of allylic oxidation sites excluding steroid dienone is 2. The Kier molecular flexibility index (Phi) is 2.75. The Labute approximate surface area is 71.8 Å². The van der Waals surface area contributed by atoms with Crippen molar-refractivity contribution in [1.29, 1.82) is 0 Å². The summed E-state index contributed by atoms with van der Waals surface area (Å²) in [5.41, 5.74) is 0. The number of hydrogen-bond acceptors (Lipinski definition) is 2. The second kappa shape index (κ2) is 3.22. The van der Waals surface area contributed by atoms with Gasteiger partial charge in [-0.15, -0.1) is 23.5 Å². The van der Waals surface area contributed by atoms with Crippen LogP contribution in [-0.2, 0) is 0 Å². The molecular weight excluding hydrogens is 160 g/mol. The first-order valence-electron chi connectivity index (χ1n) is 3.62. The van der Waals surface area contributed by atoms with Gasteiger partial charge in [0.25, 0.3) is 0 Å². The maximum atomic E-state index is 2.30. The third-order valence-electron chi connectivity index (χ3n) is 1.88. The molecule has 0 amide bonds. The molecule has 0 nitrogen and oxygen atoms in total. The molecule has 0 fully saturated rings. The molecule has 2 heteroatoms. The zero-order valence-corrected chi connectivity index (χ0v) is 8.60. The summed E-state index contributed by atoms with van der Waals surface area (Å²) < 4.78 is 0. The van der Waals surface area contributed by atoms with Crippen LogP contribution in [0.3, 0.4) is 0 Å². The van der Waals surface area contributed by atoms with E-state index in [-0.39, 0.29) is 0 Å². The fourth-order valence-corrected chi connectivity index (χ4v) is 3.37. The van der Waals surface area contributed by atoms with Gasteiger partial charge in [-0.05, 0) is 23.7 Å². The van der Waals surface area contributed by atoms with Crippen LogP contribution in [0.25, 0.3) is 0 Å². The van der Waals surface area contributed by atoms with Crippen molar-refractivity contribution in [1.82, 2.24) is 0 Å². The third-order valence-corrected chi connectivity index (χ3v) is 5.06. The van der Waals surface area contributed by atoms with Gasteiger partial charge in [-0.25, -0.2) is 0 Å². The molecule has 1 rings (SSSR count). The second-order valence-electron chi connectivity index (χ2n) is 2.76. The monoisotopic (exact) mass is 174 g/mol. The average Bonchev–Trinajstić information content (AvgIpc) is 1.84. The molecule has 2 unspecified atom stereocenters. The standard InChI is InChI=1S/C8H14S2/c1-5-6(2)10-8(4)7(3)9-5/h5-6H,1-4H3. The van der Waals surface area contributed by atoms with E-state index >= 15 is 0 Å². The lowest BCUT2D eigenvalue weighted by Gasteiger charge is -2.26. The van der Waals surface area contributed by atoms with Gasteiger partial charge in [0, 0.05) is 10.5 Å². The highest BCUT2D eigenvalue weighted by Crippen LogP contribution is 2.41. The lowest BCUT2D eigenvalue weighted by atomic mass is 10.4. The second-order valence-corrected chi connectivity index (χ2v) is 5.94. The Morgan fingerprint density at radius 3 is 1.50 bits per heavy atom. The zero-order valence-electron chi connectivity index (χ0n) is 6.97.